The highest BCUT2D eigenvalue weighted by atomic mass is 16.4. The predicted molar refractivity (Wildman–Crippen MR) is 95.1 cm³/mol. The predicted octanol–water partition coefficient (Wildman–Crippen LogP) is 2.59. The number of hydrogen-bond acceptors (Lipinski definition) is 5. The number of oxazole rings is 1. The van der Waals surface area contributed by atoms with Crippen molar-refractivity contribution < 1.29 is 9.21 Å². The van der Waals surface area contributed by atoms with Crippen LogP contribution in [0.3, 0.4) is 0 Å². The highest BCUT2D eigenvalue weighted by Gasteiger charge is 2.20. The maximum absolute atomic E-state index is 12.6. The van der Waals surface area contributed by atoms with Gasteiger partial charge in [-0.25, -0.2) is 4.98 Å². The summed E-state index contributed by atoms with van der Waals surface area (Å²) >= 11 is 0. The fraction of sp³-hybridized carbons (Fsp3) is 0.278. The number of aromatic nitrogens is 3. The summed E-state index contributed by atoms with van der Waals surface area (Å²) in [6.45, 7) is 3.78. The summed E-state index contributed by atoms with van der Waals surface area (Å²) in [5.41, 5.74) is 3.16. The van der Waals surface area contributed by atoms with E-state index >= 15 is 0 Å². The summed E-state index contributed by atoms with van der Waals surface area (Å²) in [5, 5.41) is 10.1. The minimum absolute atomic E-state index is 0.160. The molecular formula is C18H21N5O2. The normalized spacial score (nSPS) is 12.2. The Hall–Kier alpha value is -2.93. The molecule has 7 heteroatoms. The fourth-order valence-corrected chi connectivity index (χ4v) is 2.58. The van der Waals surface area contributed by atoms with E-state index in [-0.39, 0.29) is 5.91 Å². The molecular weight excluding hydrogens is 318 g/mol. The maximum Gasteiger partial charge on any atom is 0.246 e. The molecule has 0 saturated carbocycles. The molecule has 130 valence electrons. The van der Waals surface area contributed by atoms with E-state index in [0.717, 1.165) is 22.6 Å². The Morgan fingerprint density at radius 1 is 1.32 bits per heavy atom. The van der Waals surface area contributed by atoms with Crippen LogP contribution in [0.1, 0.15) is 23.1 Å². The number of aryl methyl sites for hydroxylation is 3. The van der Waals surface area contributed by atoms with E-state index in [0.29, 0.717) is 11.6 Å². The standard InChI is InChI=1S/C18H21N5O2/c1-11-12(2)25-18(21-11)13-6-5-7-15(8-13)22-17(24)16(19-3)14-9-20-23(4)10-14/h5-10,16,19H,1-4H3,(H,22,24). The minimum atomic E-state index is -0.483. The number of likely N-dealkylation sites (N-methyl/N-ethyl adjacent to an activating group) is 1. The Bertz CT molecular complexity index is 877. The Morgan fingerprint density at radius 2 is 2.12 bits per heavy atom. The topological polar surface area (TPSA) is 85.0 Å². The van der Waals surface area contributed by atoms with Crippen LogP contribution < -0.4 is 10.6 Å². The van der Waals surface area contributed by atoms with Crippen LogP contribution in [0.5, 0.6) is 0 Å². The van der Waals surface area contributed by atoms with Crippen molar-refractivity contribution in [2.45, 2.75) is 19.9 Å². The van der Waals surface area contributed by atoms with Gasteiger partial charge in [-0.15, -0.1) is 0 Å². The number of carbonyl (C=O) groups excluding carboxylic acids is 1. The molecule has 3 aromatic rings. The van der Waals surface area contributed by atoms with Crippen molar-refractivity contribution >= 4 is 11.6 Å². The molecule has 1 unspecified atom stereocenters. The van der Waals surface area contributed by atoms with Gasteiger partial charge in [0.1, 0.15) is 11.8 Å². The van der Waals surface area contributed by atoms with Crippen molar-refractivity contribution in [1.29, 1.82) is 0 Å². The number of hydrogen-bond donors (Lipinski definition) is 2. The minimum Gasteiger partial charge on any atom is -0.441 e. The highest BCUT2D eigenvalue weighted by Crippen LogP contribution is 2.24. The zero-order valence-corrected chi connectivity index (χ0v) is 14.7. The first-order chi connectivity index (χ1) is 12.0. The van der Waals surface area contributed by atoms with Gasteiger partial charge in [-0.1, -0.05) is 6.07 Å². The number of anilines is 1. The number of rotatable bonds is 5. The molecule has 2 aromatic heterocycles. The van der Waals surface area contributed by atoms with E-state index in [9.17, 15) is 4.79 Å². The Labute approximate surface area is 146 Å². The van der Waals surface area contributed by atoms with E-state index in [1.54, 1.807) is 17.9 Å². The lowest BCUT2D eigenvalue weighted by atomic mass is 10.1. The van der Waals surface area contributed by atoms with Crippen LogP contribution in [-0.4, -0.2) is 27.7 Å². The molecule has 25 heavy (non-hydrogen) atoms. The molecule has 0 bridgehead atoms. The molecule has 2 heterocycles. The van der Waals surface area contributed by atoms with E-state index in [1.165, 1.54) is 0 Å². The van der Waals surface area contributed by atoms with Crippen molar-refractivity contribution in [3.05, 3.63) is 53.7 Å². The lowest BCUT2D eigenvalue weighted by Gasteiger charge is -2.14. The largest absolute Gasteiger partial charge is 0.441 e. The van der Waals surface area contributed by atoms with Crippen LogP contribution in [-0.2, 0) is 11.8 Å². The first-order valence-electron chi connectivity index (χ1n) is 7.99. The molecule has 2 N–H and O–H groups in total. The summed E-state index contributed by atoms with van der Waals surface area (Å²) in [6.07, 6.45) is 3.49. The van der Waals surface area contributed by atoms with Gasteiger partial charge >= 0.3 is 0 Å². The third-order valence-corrected chi connectivity index (χ3v) is 4.01. The van der Waals surface area contributed by atoms with Gasteiger partial charge in [-0.05, 0) is 39.1 Å². The van der Waals surface area contributed by atoms with Gasteiger partial charge in [0.25, 0.3) is 0 Å². The summed E-state index contributed by atoms with van der Waals surface area (Å²) < 4.78 is 7.32. The molecule has 0 aliphatic heterocycles. The number of nitrogens with one attached hydrogen (secondary N) is 2. The first-order valence-corrected chi connectivity index (χ1v) is 7.99. The first kappa shape index (κ1) is 16.9. The van der Waals surface area contributed by atoms with Gasteiger partial charge in [-0.2, -0.15) is 5.10 Å². The molecule has 7 nitrogen and oxygen atoms in total. The second-order valence-electron chi connectivity index (χ2n) is 5.90. The van der Waals surface area contributed by atoms with Crippen LogP contribution in [0.2, 0.25) is 0 Å². The number of benzene rings is 1. The molecule has 1 aromatic carbocycles. The Morgan fingerprint density at radius 3 is 2.72 bits per heavy atom. The van der Waals surface area contributed by atoms with Crippen molar-refractivity contribution in [2.75, 3.05) is 12.4 Å². The summed E-state index contributed by atoms with van der Waals surface area (Å²) in [5.74, 6) is 1.17. The number of carbonyl (C=O) groups is 1. The smallest absolute Gasteiger partial charge is 0.246 e. The van der Waals surface area contributed by atoms with Crippen LogP contribution in [0.15, 0.2) is 41.1 Å². The number of amides is 1. The van der Waals surface area contributed by atoms with Gasteiger partial charge in [0.2, 0.25) is 11.8 Å². The molecule has 0 aliphatic carbocycles. The maximum atomic E-state index is 12.6. The lowest BCUT2D eigenvalue weighted by molar-refractivity contribution is -0.118. The molecule has 0 fully saturated rings. The van der Waals surface area contributed by atoms with Gasteiger partial charge in [0.05, 0.1) is 11.9 Å². The van der Waals surface area contributed by atoms with E-state index in [4.69, 9.17) is 4.42 Å². The monoisotopic (exact) mass is 339 g/mol. The quantitative estimate of drug-likeness (QED) is 0.746. The van der Waals surface area contributed by atoms with E-state index in [1.807, 2.05) is 51.4 Å². The van der Waals surface area contributed by atoms with Crippen molar-refractivity contribution in [1.82, 2.24) is 20.1 Å². The third kappa shape index (κ3) is 3.61. The Kier molecular flexibility index (Phi) is 4.67. The summed E-state index contributed by atoms with van der Waals surface area (Å²) in [4.78, 5) is 17.0. The van der Waals surface area contributed by atoms with Gasteiger partial charge in [-0.3, -0.25) is 9.48 Å². The van der Waals surface area contributed by atoms with Crippen molar-refractivity contribution in [3.8, 4) is 11.5 Å². The van der Waals surface area contributed by atoms with Gasteiger partial charge in [0.15, 0.2) is 0 Å². The third-order valence-electron chi connectivity index (χ3n) is 4.01. The van der Waals surface area contributed by atoms with Crippen molar-refractivity contribution in [3.63, 3.8) is 0 Å². The van der Waals surface area contributed by atoms with Crippen LogP contribution in [0.25, 0.3) is 11.5 Å². The second-order valence-corrected chi connectivity index (χ2v) is 5.90. The van der Waals surface area contributed by atoms with Gasteiger partial charge in [0, 0.05) is 30.1 Å². The molecule has 1 amide bonds. The molecule has 0 aliphatic rings. The van der Waals surface area contributed by atoms with Crippen LogP contribution in [0.4, 0.5) is 5.69 Å². The SMILES string of the molecule is CNC(C(=O)Nc1cccc(-c2nc(C)c(C)o2)c1)c1cnn(C)c1. The Balaban J connectivity index is 1.80. The average Bonchev–Trinajstić information content (AvgIpc) is 3.15. The zero-order valence-electron chi connectivity index (χ0n) is 14.7. The summed E-state index contributed by atoms with van der Waals surface area (Å²) in [6, 6.07) is 6.96. The molecule has 0 radical (unpaired) electrons. The molecule has 0 saturated heterocycles. The lowest BCUT2D eigenvalue weighted by Crippen LogP contribution is -2.30. The molecule has 3 rings (SSSR count). The van der Waals surface area contributed by atoms with Crippen LogP contribution >= 0.6 is 0 Å². The fourth-order valence-electron chi connectivity index (χ4n) is 2.58. The van der Waals surface area contributed by atoms with E-state index in [2.05, 4.69) is 20.7 Å². The molecule has 1 atom stereocenters. The zero-order chi connectivity index (χ0) is 18.0. The van der Waals surface area contributed by atoms with Crippen LogP contribution in [0, 0.1) is 13.8 Å². The highest BCUT2D eigenvalue weighted by molar-refractivity contribution is 5.95. The molecule has 0 spiro atoms. The average molecular weight is 339 g/mol. The van der Waals surface area contributed by atoms with Gasteiger partial charge < -0.3 is 15.1 Å². The number of nitrogens with zero attached hydrogens (tertiary/aromatic N) is 3. The van der Waals surface area contributed by atoms with E-state index < -0.39 is 6.04 Å². The summed E-state index contributed by atoms with van der Waals surface area (Å²) in [7, 11) is 3.56. The second kappa shape index (κ2) is 6.90. The van der Waals surface area contributed by atoms with Crippen molar-refractivity contribution in [2.24, 2.45) is 7.05 Å².